The van der Waals surface area contributed by atoms with Crippen LogP contribution in [-0.2, 0) is 10.4 Å². The highest BCUT2D eigenvalue weighted by atomic mass is 16.3. The largest absolute Gasteiger partial charge is 0.464 e. The number of fused-ring (bicyclic) bond motifs is 1. The molecule has 1 aliphatic rings. The molecule has 1 fully saturated rings. The first-order valence-electron chi connectivity index (χ1n) is 9.16. The quantitative estimate of drug-likeness (QED) is 0.575. The third kappa shape index (κ3) is 2.46. The van der Waals surface area contributed by atoms with Crippen LogP contribution in [0.15, 0.2) is 65.5 Å². The van der Waals surface area contributed by atoms with Crippen molar-refractivity contribution in [3.05, 3.63) is 66.7 Å². The van der Waals surface area contributed by atoms with Crippen LogP contribution in [0.3, 0.4) is 0 Å². The van der Waals surface area contributed by atoms with Crippen molar-refractivity contribution in [2.24, 2.45) is 0 Å². The zero-order valence-corrected chi connectivity index (χ0v) is 15.3. The maximum Gasteiger partial charge on any atom is 0.258 e. The second kappa shape index (κ2) is 6.07. The van der Waals surface area contributed by atoms with E-state index in [2.05, 4.69) is 9.97 Å². The van der Waals surface area contributed by atoms with Crippen LogP contribution < -0.4 is 0 Å². The maximum absolute atomic E-state index is 12.4. The third-order valence-corrected chi connectivity index (χ3v) is 5.50. The molecular weight excluding hydrogens is 354 g/mol. The lowest BCUT2D eigenvalue weighted by Crippen LogP contribution is -2.36. The molecule has 0 saturated carbocycles. The molecule has 6 nitrogen and oxygen atoms in total. The minimum atomic E-state index is -1.46. The molecule has 0 aliphatic carbocycles. The minimum absolute atomic E-state index is 0.260. The average molecular weight is 373 g/mol. The Kier molecular flexibility index (Phi) is 3.64. The van der Waals surface area contributed by atoms with Gasteiger partial charge in [-0.2, -0.15) is 0 Å². The number of rotatable bonds is 3. The monoisotopic (exact) mass is 373 g/mol. The Morgan fingerprint density at radius 3 is 2.93 bits per heavy atom. The van der Waals surface area contributed by atoms with Crippen molar-refractivity contribution in [2.45, 2.75) is 12.0 Å². The van der Waals surface area contributed by atoms with Crippen molar-refractivity contribution in [3.63, 3.8) is 0 Å². The molecule has 6 heteroatoms. The van der Waals surface area contributed by atoms with Crippen LogP contribution in [0.1, 0.15) is 12.0 Å². The first-order chi connectivity index (χ1) is 13.6. The van der Waals surface area contributed by atoms with Crippen molar-refractivity contribution in [1.82, 2.24) is 14.9 Å². The van der Waals surface area contributed by atoms with Gasteiger partial charge in [0.05, 0.1) is 6.26 Å². The Bertz CT molecular complexity index is 1190. The lowest BCUT2D eigenvalue weighted by atomic mass is 9.90. The number of carbonyl (C=O) groups is 1. The number of pyridine rings is 1. The first kappa shape index (κ1) is 16.8. The van der Waals surface area contributed by atoms with E-state index < -0.39 is 5.60 Å². The highest BCUT2D eigenvalue weighted by Gasteiger charge is 2.45. The molecule has 5 rings (SSSR count). The van der Waals surface area contributed by atoms with E-state index in [1.165, 1.54) is 0 Å². The summed E-state index contributed by atoms with van der Waals surface area (Å²) in [6.07, 6.45) is 5.71. The number of hydrogen-bond acceptors (Lipinski definition) is 4. The molecule has 0 bridgehead atoms. The van der Waals surface area contributed by atoms with Gasteiger partial charge in [0, 0.05) is 48.9 Å². The molecule has 1 aliphatic heterocycles. The van der Waals surface area contributed by atoms with Crippen LogP contribution in [0.2, 0.25) is 0 Å². The number of H-pyrrole nitrogens is 1. The zero-order valence-electron chi connectivity index (χ0n) is 15.3. The summed E-state index contributed by atoms with van der Waals surface area (Å²) in [5, 5.41) is 11.9. The molecule has 1 amide bonds. The molecule has 1 atom stereocenters. The van der Waals surface area contributed by atoms with Gasteiger partial charge < -0.3 is 19.4 Å². The topological polar surface area (TPSA) is 82.4 Å². The molecule has 0 unspecified atom stereocenters. The number of aromatic nitrogens is 2. The summed E-state index contributed by atoms with van der Waals surface area (Å²) < 4.78 is 5.81. The Morgan fingerprint density at radius 2 is 2.11 bits per heavy atom. The van der Waals surface area contributed by atoms with E-state index in [-0.39, 0.29) is 5.91 Å². The number of likely N-dealkylation sites (tertiary alicyclic amines) is 1. The molecular formula is C22H19N3O3. The molecule has 3 aromatic heterocycles. The third-order valence-electron chi connectivity index (χ3n) is 5.50. The molecule has 4 aromatic rings. The molecule has 140 valence electrons. The molecule has 4 heterocycles. The van der Waals surface area contributed by atoms with Gasteiger partial charge in [-0.15, -0.1) is 0 Å². The second-order valence-corrected chi connectivity index (χ2v) is 7.22. The van der Waals surface area contributed by atoms with Gasteiger partial charge in [0.2, 0.25) is 0 Å². The summed E-state index contributed by atoms with van der Waals surface area (Å²) in [6, 6.07) is 13.3. The van der Waals surface area contributed by atoms with E-state index in [9.17, 15) is 9.90 Å². The fraction of sp³-hybridized carbons (Fsp3) is 0.182. The Balaban J connectivity index is 1.52. The molecule has 2 N–H and O–H groups in total. The SMILES string of the molecule is CN1CC[C@@](O)(c2cccc(-c3coc(-c4c[nH]c5ncccc45)c3)c2)C1=O. The number of likely N-dealkylation sites (N-methyl/N-ethyl adjacent to an activating group) is 1. The van der Waals surface area contributed by atoms with E-state index >= 15 is 0 Å². The summed E-state index contributed by atoms with van der Waals surface area (Å²) in [4.78, 5) is 21.4. The van der Waals surface area contributed by atoms with Crippen molar-refractivity contribution in [3.8, 4) is 22.5 Å². The van der Waals surface area contributed by atoms with Gasteiger partial charge in [0.1, 0.15) is 11.4 Å². The Hall–Kier alpha value is -3.38. The van der Waals surface area contributed by atoms with Crippen LogP contribution in [0.5, 0.6) is 0 Å². The average Bonchev–Trinajstić information content (AvgIpc) is 3.43. The number of amides is 1. The van der Waals surface area contributed by atoms with Gasteiger partial charge in [-0.05, 0) is 35.4 Å². The number of aromatic amines is 1. The smallest absolute Gasteiger partial charge is 0.258 e. The standard InChI is InChI=1S/C22H19N3O3/c1-25-9-7-22(27,21(25)26)16-5-2-4-14(10-16)15-11-19(28-13-15)18-12-24-20-17(18)6-3-8-23-20/h2-6,8,10-13,27H,7,9H2,1H3,(H,23,24)/t22-/m1/s1. The number of benzene rings is 1. The molecule has 1 saturated heterocycles. The Morgan fingerprint density at radius 1 is 1.21 bits per heavy atom. The van der Waals surface area contributed by atoms with Gasteiger partial charge in [-0.3, -0.25) is 4.79 Å². The van der Waals surface area contributed by atoms with E-state index in [4.69, 9.17) is 4.42 Å². The fourth-order valence-electron chi connectivity index (χ4n) is 3.87. The minimum Gasteiger partial charge on any atom is -0.464 e. The first-order valence-corrected chi connectivity index (χ1v) is 9.16. The predicted octanol–water partition coefficient (Wildman–Crippen LogP) is 3.54. The van der Waals surface area contributed by atoms with Crippen molar-refractivity contribution in [2.75, 3.05) is 13.6 Å². The van der Waals surface area contributed by atoms with Gasteiger partial charge in [0.15, 0.2) is 5.60 Å². The van der Waals surface area contributed by atoms with Crippen molar-refractivity contribution >= 4 is 16.9 Å². The van der Waals surface area contributed by atoms with Crippen molar-refractivity contribution < 1.29 is 14.3 Å². The van der Waals surface area contributed by atoms with Gasteiger partial charge in [-0.1, -0.05) is 18.2 Å². The van der Waals surface area contributed by atoms with E-state index in [1.807, 2.05) is 42.6 Å². The number of carbonyl (C=O) groups excluding carboxylic acids is 1. The Labute approximate surface area is 161 Å². The van der Waals surface area contributed by atoms with Crippen LogP contribution in [0, 0.1) is 0 Å². The number of furan rings is 1. The highest BCUT2D eigenvalue weighted by Crippen LogP contribution is 2.36. The molecule has 0 spiro atoms. The van der Waals surface area contributed by atoms with Crippen molar-refractivity contribution in [1.29, 1.82) is 0 Å². The fourth-order valence-corrected chi connectivity index (χ4v) is 3.87. The summed E-state index contributed by atoms with van der Waals surface area (Å²) >= 11 is 0. The van der Waals surface area contributed by atoms with E-state index in [0.717, 1.165) is 33.5 Å². The summed E-state index contributed by atoms with van der Waals surface area (Å²) in [7, 11) is 1.71. The lowest BCUT2D eigenvalue weighted by Gasteiger charge is -2.21. The molecule has 28 heavy (non-hydrogen) atoms. The van der Waals surface area contributed by atoms with Gasteiger partial charge >= 0.3 is 0 Å². The second-order valence-electron chi connectivity index (χ2n) is 7.22. The maximum atomic E-state index is 12.4. The van der Waals surface area contributed by atoms with Crippen LogP contribution in [-0.4, -0.2) is 39.5 Å². The van der Waals surface area contributed by atoms with Crippen LogP contribution >= 0.6 is 0 Å². The highest BCUT2D eigenvalue weighted by molar-refractivity contribution is 5.93. The van der Waals surface area contributed by atoms with Gasteiger partial charge in [-0.25, -0.2) is 4.98 Å². The number of aliphatic hydroxyl groups is 1. The van der Waals surface area contributed by atoms with Crippen LogP contribution in [0.4, 0.5) is 0 Å². The lowest BCUT2D eigenvalue weighted by molar-refractivity contribution is -0.143. The number of hydrogen-bond donors (Lipinski definition) is 2. The van der Waals surface area contributed by atoms with Crippen LogP contribution in [0.25, 0.3) is 33.5 Å². The number of nitrogens with zero attached hydrogens (tertiary/aromatic N) is 2. The predicted molar refractivity (Wildman–Crippen MR) is 105 cm³/mol. The van der Waals surface area contributed by atoms with E-state index in [0.29, 0.717) is 18.5 Å². The summed E-state index contributed by atoms with van der Waals surface area (Å²) in [5.74, 6) is 0.471. The summed E-state index contributed by atoms with van der Waals surface area (Å²) in [6.45, 7) is 0.546. The summed E-state index contributed by atoms with van der Waals surface area (Å²) in [5.41, 5.74) is 2.68. The van der Waals surface area contributed by atoms with E-state index in [1.54, 1.807) is 30.5 Å². The zero-order chi connectivity index (χ0) is 19.3. The van der Waals surface area contributed by atoms with Gasteiger partial charge in [0.25, 0.3) is 5.91 Å². The molecule has 1 aromatic carbocycles. The number of nitrogens with one attached hydrogen (secondary N) is 1. The normalized spacial score (nSPS) is 19.6. The molecule has 0 radical (unpaired) electrons.